The Morgan fingerprint density at radius 1 is 0.853 bits per heavy atom. The van der Waals surface area contributed by atoms with Crippen LogP contribution in [0.5, 0.6) is 0 Å². The second-order valence-electron chi connectivity index (χ2n) is 8.89. The van der Waals surface area contributed by atoms with Crippen LogP contribution in [0.4, 0.5) is 4.79 Å². The van der Waals surface area contributed by atoms with Crippen molar-refractivity contribution in [1.29, 1.82) is 0 Å². The number of hydrazone groups is 1. The van der Waals surface area contributed by atoms with Crippen molar-refractivity contribution < 1.29 is 19.2 Å². The average Bonchev–Trinajstić information content (AvgIpc) is 2.68. The molecule has 0 bridgehead atoms. The van der Waals surface area contributed by atoms with Crippen LogP contribution in [0.2, 0.25) is 0 Å². The molecule has 0 aromatic rings. The molecule has 10 N–H and O–H groups in total. The minimum atomic E-state index is -0.846. The van der Waals surface area contributed by atoms with Gasteiger partial charge >= 0.3 is 6.03 Å². The Hall–Kier alpha value is -3.38. The molecule has 3 atom stereocenters. The van der Waals surface area contributed by atoms with Gasteiger partial charge in [-0.3, -0.25) is 19.4 Å². The molecule has 34 heavy (non-hydrogen) atoms. The summed E-state index contributed by atoms with van der Waals surface area (Å²) in [7, 11) is 0. The van der Waals surface area contributed by atoms with Crippen LogP contribution in [0, 0.1) is 11.8 Å². The summed E-state index contributed by atoms with van der Waals surface area (Å²) in [4.78, 5) is 52.3. The number of hydrogen-bond acceptors (Lipinski definition) is 6. The van der Waals surface area contributed by atoms with Crippen LogP contribution in [0.1, 0.15) is 60.3 Å². The monoisotopic (exact) mass is 484 g/mol. The van der Waals surface area contributed by atoms with Gasteiger partial charge in [0.05, 0.1) is 6.04 Å². The molecule has 0 saturated heterocycles. The number of rotatable bonds is 15. The highest BCUT2D eigenvalue weighted by molar-refractivity contribution is 5.92. The number of nitrogens with two attached hydrogens (primary N) is 3. The van der Waals surface area contributed by atoms with Crippen molar-refractivity contribution >= 4 is 35.9 Å². The maximum absolute atomic E-state index is 13.1. The molecule has 0 fully saturated rings. The predicted molar refractivity (Wildman–Crippen MR) is 131 cm³/mol. The topological polar surface area (TPSA) is 219 Å². The maximum atomic E-state index is 13.1. The van der Waals surface area contributed by atoms with Crippen molar-refractivity contribution in [3.63, 3.8) is 0 Å². The molecular weight excluding hydrogens is 443 g/mol. The molecule has 0 saturated carbocycles. The summed E-state index contributed by atoms with van der Waals surface area (Å²) in [6.45, 7) is 9.41. The number of amides is 5. The first kappa shape index (κ1) is 30.6. The van der Waals surface area contributed by atoms with Gasteiger partial charge in [-0.15, -0.1) is 0 Å². The van der Waals surface area contributed by atoms with Gasteiger partial charge in [-0.2, -0.15) is 5.10 Å². The summed E-state index contributed by atoms with van der Waals surface area (Å²) < 4.78 is 0. The van der Waals surface area contributed by atoms with Gasteiger partial charge in [-0.25, -0.2) is 10.2 Å². The summed E-state index contributed by atoms with van der Waals surface area (Å²) in [6, 6.07) is -3.02. The standard InChI is InChI=1S/C21H41N9O4/c1-12(2)9-16(27-14(5)31)19(33)29-17(10-13(3)4)18(32)28-15(11-26-30-21(24)34)7-6-8-25-20(22)23/h11-13,15-17H,6-10H2,1-5H3,(H,27,31)(H,28,32)(H,29,33)(H4,22,23,25)(H3,24,30,34)/b26-11+/t15-,16-,17-/m0/s1/i11+1. The van der Waals surface area contributed by atoms with Crippen LogP contribution < -0.4 is 38.6 Å². The zero-order chi connectivity index (χ0) is 26.3. The summed E-state index contributed by atoms with van der Waals surface area (Å²) in [5, 5.41) is 12.0. The first-order chi connectivity index (χ1) is 15.8. The van der Waals surface area contributed by atoms with Crippen molar-refractivity contribution in [3.05, 3.63) is 0 Å². The van der Waals surface area contributed by atoms with E-state index in [-0.39, 0.29) is 23.7 Å². The van der Waals surface area contributed by atoms with Crippen LogP contribution in [-0.2, 0) is 14.4 Å². The first-order valence-corrected chi connectivity index (χ1v) is 11.3. The number of carbonyl (C=O) groups excluding carboxylic acids is 4. The fourth-order valence-electron chi connectivity index (χ4n) is 3.10. The maximum Gasteiger partial charge on any atom is 0.332 e. The molecule has 13 heteroatoms. The SMILES string of the molecule is CC(=O)N[C@@H](CC(C)C)C(=O)N[C@@H](CC(C)C)C(=O)N[C@@H](CCCN=C(N)N)/[13CH]=N/NC(N)=O. The van der Waals surface area contributed by atoms with E-state index in [1.54, 1.807) is 0 Å². The van der Waals surface area contributed by atoms with Gasteiger partial charge < -0.3 is 33.2 Å². The largest absolute Gasteiger partial charge is 0.370 e. The molecule has 0 radical (unpaired) electrons. The lowest BCUT2D eigenvalue weighted by Crippen LogP contribution is -2.55. The van der Waals surface area contributed by atoms with E-state index in [9.17, 15) is 19.2 Å². The number of nitrogens with zero attached hydrogens (tertiary/aromatic N) is 2. The number of nitrogens with one attached hydrogen (secondary N) is 4. The van der Waals surface area contributed by atoms with Gasteiger partial charge in [-0.05, 0) is 37.5 Å². The number of aliphatic imine (C=N–C) groups is 1. The van der Waals surface area contributed by atoms with Gasteiger partial charge in [0.15, 0.2) is 5.96 Å². The number of guanidine groups is 1. The average molecular weight is 485 g/mol. The fraction of sp³-hybridized carbons (Fsp3) is 0.714. The van der Waals surface area contributed by atoms with Crippen molar-refractivity contribution in [1.82, 2.24) is 21.4 Å². The van der Waals surface area contributed by atoms with Crippen LogP contribution in [0.15, 0.2) is 10.1 Å². The minimum absolute atomic E-state index is 0.0421. The lowest BCUT2D eigenvalue weighted by atomic mass is 10.00. The van der Waals surface area contributed by atoms with E-state index >= 15 is 0 Å². The van der Waals surface area contributed by atoms with Gasteiger partial charge in [0.2, 0.25) is 17.7 Å². The van der Waals surface area contributed by atoms with Gasteiger partial charge in [-0.1, -0.05) is 27.7 Å². The van der Waals surface area contributed by atoms with E-state index in [0.717, 1.165) is 0 Å². The molecule has 194 valence electrons. The first-order valence-electron chi connectivity index (χ1n) is 11.3. The molecule has 0 aliphatic carbocycles. The molecular formula is C21H41N9O4. The van der Waals surface area contributed by atoms with Gasteiger partial charge in [0.1, 0.15) is 12.1 Å². The summed E-state index contributed by atoms with van der Waals surface area (Å²) in [5.74, 6) is -0.970. The third kappa shape index (κ3) is 15.4. The van der Waals surface area contributed by atoms with Crippen molar-refractivity contribution in [2.24, 2.45) is 39.1 Å². The van der Waals surface area contributed by atoms with Crippen LogP contribution in [0.3, 0.4) is 0 Å². The Balaban J connectivity index is 5.45. The molecule has 0 rings (SSSR count). The fourth-order valence-corrected chi connectivity index (χ4v) is 3.10. The highest BCUT2D eigenvalue weighted by Crippen LogP contribution is 2.09. The zero-order valence-corrected chi connectivity index (χ0v) is 20.8. The molecule has 0 aromatic heterocycles. The van der Waals surface area contributed by atoms with E-state index in [1.165, 1.54) is 13.1 Å². The van der Waals surface area contributed by atoms with Gasteiger partial charge in [0.25, 0.3) is 0 Å². The third-order valence-corrected chi connectivity index (χ3v) is 4.47. The molecule has 0 unspecified atom stereocenters. The number of primary amides is 1. The number of carbonyl (C=O) groups is 4. The molecule has 5 amide bonds. The molecule has 0 aromatic carbocycles. The van der Waals surface area contributed by atoms with Crippen LogP contribution in [-0.4, -0.2) is 60.6 Å². The second-order valence-corrected chi connectivity index (χ2v) is 8.89. The Kier molecular flexibility index (Phi) is 14.6. The molecule has 0 spiro atoms. The molecule has 0 heterocycles. The van der Waals surface area contributed by atoms with E-state index in [0.29, 0.717) is 32.2 Å². The zero-order valence-electron chi connectivity index (χ0n) is 20.8. The predicted octanol–water partition coefficient (Wildman–Crippen LogP) is -0.739. The number of urea groups is 1. The third-order valence-electron chi connectivity index (χ3n) is 4.47. The summed E-state index contributed by atoms with van der Waals surface area (Å²) in [5.41, 5.74) is 17.7. The Morgan fingerprint density at radius 2 is 1.38 bits per heavy atom. The van der Waals surface area contributed by atoms with Crippen LogP contribution >= 0.6 is 0 Å². The van der Waals surface area contributed by atoms with Crippen molar-refractivity contribution in [3.8, 4) is 0 Å². The van der Waals surface area contributed by atoms with Crippen molar-refractivity contribution in [2.75, 3.05) is 6.54 Å². The van der Waals surface area contributed by atoms with Crippen molar-refractivity contribution in [2.45, 2.75) is 78.4 Å². The Morgan fingerprint density at radius 3 is 1.85 bits per heavy atom. The normalized spacial score (nSPS) is 13.7. The smallest absolute Gasteiger partial charge is 0.332 e. The highest BCUT2D eigenvalue weighted by atomic mass is 16.2. The summed E-state index contributed by atoms with van der Waals surface area (Å²) >= 11 is 0. The summed E-state index contributed by atoms with van der Waals surface area (Å²) in [6.07, 6.45) is 3.08. The second kappa shape index (κ2) is 16.3. The van der Waals surface area contributed by atoms with E-state index < -0.39 is 36.0 Å². The Labute approximate surface area is 201 Å². The lowest BCUT2D eigenvalue weighted by molar-refractivity contribution is -0.132. The molecule has 0 aliphatic heterocycles. The Bertz CT molecular complexity index is 734. The van der Waals surface area contributed by atoms with E-state index in [1.807, 2.05) is 27.7 Å². The highest BCUT2D eigenvalue weighted by Gasteiger charge is 2.28. The van der Waals surface area contributed by atoms with E-state index in [4.69, 9.17) is 17.2 Å². The van der Waals surface area contributed by atoms with Gasteiger partial charge in [0, 0.05) is 19.7 Å². The molecule has 0 aliphatic rings. The van der Waals surface area contributed by atoms with Crippen LogP contribution in [0.25, 0.3) is 0 Å². The lowest BCUT2D eigenvalue weighted by Gasteiger charge is -2.26. The minimum Gasteiger partial charge on any atom is -0.370 e. The quantitative estimate of drug-likeness (QED) is 0.0521. The number of hydrogen-bond donors (Lipinski definition) is 7. The van der Waals surface area contributed by atoms with E-state index in [2.05, 4.69) is 31.5 Å². The molecule has 13 nitrogen and oxygen atoms in total.